The van der Waals surface area contributed by atoms with Crippen molar-refractivity contribution in [3.05, 3.63) is 54.6 Å². The number of nitrogens with one attached hydrogen (secondary N) is 1. The first kappa shape index (κ1) is 18.0. The minimum atomic E-state index is -0.344. The third-order valence-electron chi connectivity index (χ3n) is 4.45. The molecule has 5 nitrogen and oxygen atoms in total. The molecule has 3 rings (SSSR count). The molecule has 1 N–H and O–H groups in total. The Kier molecular flexibility index (Phi) is 5.89. The van der Waals surface area contributed by atoms with Crippen LogP contribution in [0.2, 0.25) is 0 Å². The first-order valence-electron chi connectivity index (χ1n) is 9.06. The smallest absolute Gasteiger partial charge is 0.229 e. The zero-order chi connectivity index (χ0) is 18.4. The molecule has 2 amide bonds. The summed E-state index contributed by atoms with van der Waals surface area (Å²) in [4.78, 5) is 26.4. The summed E-state index contributed by atoms with van der Waals surface area (Å²) in [5.41, 5.74) is 1.55. The van der Waals surface area contributed by atoms with Crippen molar-refractivity contribution in [1.29, 1.82) is 0 Å². The summed E-state index contributed by atoms with van der Waals surface area (Å²) in [6, 6.07) is 16.8. The Hall–Kier alpha value is -2.82. The van der Waals surface area contributed by atoms with E-state index in [-0.39, 0.29) is 24.2 Å². The highest BCUT2D eigenvalue weighted by Crippen LogP contribution is 2.26. The molecule has 0 spiro atoms. The van der Waals surface area contributed by atoms with Crippen molar-refractivity contribution in [3.8, 4) is 5.75 Å². The van der Waals surface area contributed by atoms with Crippen LogP contribution in [0, 0.1) is 5.92 Å². The molecule has 1 fully saturated rings. The molecule has 0 bridgehead atoms. The predicted octanol–water partition coefficient (Wildman–Crippen LogP) is 3.86. The highest BCUT2D eigenvalue weighted by atomic mass is 16.5. The Morgan fingerprint density at radius 1 is 1.15 bits per heavy atom. The van der Waals surface area contributed by atoms with Gasteiger partial charge in [0.15, 0.2) is 0 Å². The van der Waals surface area contributed by atoms with Gasteiger partial charge in [0, 0.05) is 24.3 Å². The summed E-state index contributed by atoms with van der Waals surface area (Å²) in [5.74, 6) is 0.304. The molecule has 0 aliphatic carbocycles. The van der Waals surface area contributed by atoms with Crippen molar-refractivity contribution in [3.63, 3.8) is 0 Å². The zero-order valence-electron chi connectivity index (χ0n) is 15.0. The van der Waals surface area contributed by atoms with E-state index in [0.717, 1.165) is 24.3 Å². The van der Waals surface area contributed by atoms with Gasteiger partial charge in [-0.25, -0.2) is 0 Å². The Morgan fingerprint density at radius 2 is 1.88 bits per heavy atom. The molecule has 136 valence electrons. The Labute approximate surface area is 154 Å². The van der Waals surface area contributed by atoms with Crippen LogP contribution in [-0.2, 0) is 9.59 Å². The van der Waals surface area contributed by atoms with Crippen molar-refractivity contribution in [2.45, 2.75) is 26.2 Å². The monoisotopic (exact) mass is 352 g/mol. The largest absolute Gasteiger partial charge is 0.494 e. The molecule has 1 aliphatic heterocycles. The number of unbranched alkanes of at least 4 members (excludes halogenated alkanes) is 1. The van der Waals surface area contributed by atoms with E-state index in [1.54, 1.807) is 4.90 Å². The number of carbonyl (C=O) groups excluding carboxylic acids is 2. The lowest BCUT2D eigenvalue weighted by Gasteiger charge is -2.16. The summed E-state index contributed by atoms with van der Waals surface area (Å²) >= 11 is 0. The predicted molar refractivity (Wildman–Crippen MR) is 102 cm³/mol. The molecule has 1 atom stereocenters. The Bertz CT molecular complexity index is 744. The van der Waals surface area contributed by atoms with E-state index in [0.29, 0.717) is 18.8 Å². The van der Waals surface area contributed by atoms with Gasteiger partial charge in [0.1, 0.15) is 5.75 Å². The van der Waals surface area contributed by atoms with Crippen LogP contribution in [0.1, 0.15) is 26.2 Å². The Balaban J connectivity index is 1.56. The molecular formula is C21H24N2O3. The first-order chi connectivity index (χ1) is 12.7. The van der Waals surface area contributed by atoms with Crippen LogP contribution >= 0.6 is 0 Å². The van der Waals surface area contributed by atoms with Gasteiger partial charge >= 0.3 is 0 Å². The second kappa shape index (κ2) is 8.52. The van der Waals surface area contributed by atoms with E-state index in [9.17, 15) is 9.59 Å². The average molecular weight is 352 g/mol. The van der Waals surface area contributed by atoms with E-state index < -0.39 is 0 Å². The summed E-state index contributed by atoms with van der Waals surface area (Å²) in [6.45, 7) is 3.23. The summed E-state index contributed by atoms with van der Waals surface area (Å²) in [7, 11) is 0. The third kappa shape index (κ3) is 4.42. The first-order valence-corrected chi connectivity index (χ1v) is 9.06. The fourth-order valence-electron chi connectivity index (χ4n) is 2.95. The number of ether oxygens (including phenoxy) is 1. The maximum Gasteiger partial charge on any atom is 0.229 e. The number of nitrogens with zero attached hydrogens (tertiary/aromatic N) is 1. The molecule has 0 radical (unpaired) electrons. The normalized spacial score (nSPS) is 16.6. The maximum absolute atomic E-state index is 12.5. The van der Waals surface area contributed by atoms with Gasteiger partial charge in [-0.05, 0) is 42.8 Å². The maximum atomic E-state index is 12.5. The van der Waals surface area contributed by atoms with Gasteiger partial charge in [-0.3, -0.25) is 9.59 Å². The van der Waals surface area contributed by atoms with E-state index in [1.165, 1.54) is 0 Å². The second-order valence-corrected chi connectivity index (χ2v) is 6.46. The number of anilines is 2. The molecule has 1 heterocycles. The molecule has 2 aromatic carbocycles. The summed E-state index contributed by atoms with van der Waals surface area (Å²) in [6.07, 6.45) is 2.35. The highest BCUT2D eigenvalue weighted by molar-refractivity contribution is 6.03. The molecule has 0 aromatic heterocycles. The molecule has 5 heteroatoms. The molecular weight excluding hydrogens is 328 g/mol. The van der Waals surface area contributed by atoms with Crippen LogP contribution in [0.5, 0.6) is 5.75 Å². The lowest BCUT2D eigenvalue weighted by Crippen LogP contribution is -2.28. The summed E-state index contributed by atoms with van der Waals surface area (Å²) in [5, 5.41) is 2.90. The second-order valence-electron chi connectivity index (χ2n) is 6.46. The van der Waals surface area contributed by atoms with Gasteiger partial charge in [-0.1, -0.05) is 31.5 Å². The number of para-hydroxylation sites is 1. The SMILES string of the molecule is CCCCOc1ccc(NC(=O)[C@H]2CC(=O)N(c3ccccc3)C2)cc1. The van der Waals surface area contributed by atoms with Gasteiger partial charge in [-0.15, -0.1) is 0 Å². The highest BCUT2D eigenvalue weighted by Gasteiger charge is 2.35. The minimum Gasteiger partial charge on any atom is -0.494 e. The summed E-state index contributed by atoms with van der Waals surface area (Å²) < 4.78 is 5.62. The standard InChI is InChI=1S/C21H24N2O3/c1-2-3-13-26-19-11-9-17(10-12-19)22-21(25)16-14-20(24)23(15-16)18-7-5-4-6-8-18/h4-12,16H,2-3,13-15H2,1H3,(H,22,25)/t16-/m0/s1. The molecule has 0 unspecified atom stereocenters. The fraction of sp³-hybridized carbons (Fsp3) is 0.333. The van der Waals surface area contributed by atoms with Gasteiger partial charge in [0.05, 0.1) is 12.5 Å². The topological polar surface area (TPSA) is 58.6 Å². The van der Waals surface area contributed by atoms with Crippen LogP contribution in [-0.4, -0.2) is 25.0 Å². The number of carbonyl (C=O) groups is 2. The fourth-order valence-corrected chi connectivity index (χ4v) is 2.95. The van der Waals surface area contributed by atoms with Gasteiger partial charge in [0.2, 0.25) is 11.8 Å². The minimum absolute atomic E-state index is 0.0176. The number of hydrogen-bond acceptors (Lipinski definition) is 3. The number of hydrogen-bond donors (Lipinski definition) is 1. The van der Waals surface area contributed by atoms with E-state index in [2.05, 4.69) is 12.2 Å². The van der Waals surface area contributed by atoms with Crippen LogP contribution in [0.4, 0.5) is 11.4 Å². The van der Waals surface area contributed by atoms with Gasteiger partial charge in [0.25, 0.3) is 0 Å². The van der Waals surface area contributed by atoms with E-state index in [1.807, 2.05) is 54.6 Å². The van der Waals surface area contributed by atoms with Crippen LogP contribution in [0.25, 0.3) is 0 Å². The number of benzene rings is 2. The third-order valence-corrected chi connectivity index (χ3v) is 4.45. The van der Waals surface area contributed by atoms with Crippen molar-refractivity contribution >= 4 is 23.2 Å². The number of rotatable bonds is 7. The lowest BCUT2D eigenvalue weighted by atomic mass is 10.1. The number of amides is 2. The molecule has 1 aliphatic rings. The lowest BCUT2D eigenvalue weighted by molar-refractivity contribution is -0.122. The quantitative estimate of drug-likeness (QED) is 0.770. The van der Waals surface area contributed by atoms with Crippen molar-refractivity contribution in [2.75, 3.05) is 23.4 Å². The van der Waals surface area contributed by atoms with Crippen molar-refractivity contribution < 1.29 is 14.3 Å². The van der Waals surface area contributed by atoms with Crippen molar-refractivity contribution in [2.24, 2.45) is 5.92 Å². The van der Waals surface area contributed by atoms with Gasteiger partial charge in [-0.2, -0.15) is 0 Å². The molecule has 1 saturated heterocycles. The molecule has 0 saturated carbocycles. The van der Waals surface area contributed by atoms with Crippen molar-refractivity contribution in [1.82, 2.24) is 0 Å². The van der Waals surface area contributed by atoms with Crippen LogP contribution in [0.15, 0.2) is 54.6 Å². The van der Waals surface area contributed by atoms with E-state index >= 15 is 0 Å². The molecule has 26 heavy (non-hydrogen) atoms. The van der Waals surface area contributed by atoms with Gasteiger partial charge < -0.3 is 15.0 Å². The zero-order valence-corrected chi connectivity index (χ0v) is 15.0. The Morgan fingerprint density at radius 3 is 2.58 bits per heavy atom. The average Bonchev–Trinajstić information content (AvgIpc) is 3.06. The van der Waals surface area contributed by atoms with E-state index in [4.69, 9.17) is 4.74 Å². The van der Waals surface area contributed by atoms with Crippen LogP contribution in [0.3, 0.4) is 0 Å². The van der Waals surface area contributed by atoms with Crippen LogP contribution < -0.4 is 15.0 Å². The molecule has 2 aromatic rings.